The second-order valence-corrected chi connectivity index (χ2v) is 10.0. The van der Waals surface area contributed by atoms with E-state index in [-0.39, 0.29) is 11.9 Å². The standard InChI is InChI=1S/C26H30N4OS/c1-19(22-12-13-22)29(16-20-8-4-2-5-9-20)24(31)18-32-26-28-27-25(23-14-15-23)30(26)17-21-10-6-3-7-11-21/h2-11,19,22-23H,12-18H2,1H3. The summed E-state index contributed by atoms with van der Waals surface area (Å²) in [7, 11) is 0. The van der Waals surface area contributed by atoms with Crippen molar-refractivity contribution in [2.45, 2.75) is 62.8 Å². The van der Waals surface area contributed by atoms with Gasteiger partial charge in [-0.25, -0.2) is 0 Å². The lowest BCUT2D eigenvalue weighted by molar-refractivity contribution is -0.131. The van der Waals surface area contributed by atoms with Crippen LogP contribution in [0.3, 0.4) is 0 Å². The van der Waals surface area contributed by atoms with E-state index in [1.165, 1.54) is 48.6 Å². The average molecular weight is 447 g/mol. The third-order valence-electron chi connectivity index (χ3n) is 6.51. The molecule has 5 rings (SSSR count). The van der Waals surface area contributed by atoms with Crippen LogP contribution in [0.25, 0.3) is 0 Å². The van der Waals surface area contributed by atoms with Gasteiger partial charge in [0.15, 0.2) is 5.16 Å². The highest BCUT2D eigenvalue weighted by molar-refractivity contribution is 7.99. The first-order chi connectivity index (χ1) is 15.7. The molecule has 0 N–H and O–H groups in total. The monoisotopic (exact) mass is 446 g/mol. The molecule has 2 aliphatic rings. The molecule has 0 aliphatic heterocycles. The van der Waals surface area contributed by atoms with Crippen LogP contribution in [-0.4, -0.2) is 37.4 Å². The van der Waals surface area contributed by atoms with Crippen LogP contribution in [0.2, 0.25) is 0 Å². The van der Waals surface area contributed by atoms with Crippen LogP contribution in [0.5, 0.6) is 0 Å². The Bertz CT molecular complexity index is 1040. The molecule has 2 saturated carbocycles. The Hall–Kier alpha value is -2.60. The van der Waals surface area contributed by atoms with Crippen molar-refractivity contribution in [1.82, 2.24) is 19.7 Å². The minimum Gasteiger partial charge on any atom is -0.335 e. The second-order valence-electron chi connectivity index (χ2n) is 9.06. The molecule has 1 aromatic heterocycles. The second kappa shape index (κ2) is 9.49. The highest BCUT2D eigenvalue weighted by Gasteiger charge is 2.35. The number of benzene rings is 2. The van der Waals surface area contributed by atoms with Crippen molar-refractivity contribution >= 4 is 17.7 Å². The zero-order valence-electron chi connectivity index (χ0n) is 18.6. The number of thioether (sulfide) groups is 1. The number of carbonyl (C=O) groups is 1. The number of carbonyl (C=O) groups excluding carboxylic acids is 1. The van der Waals surface area contributed by atoms with Crippen LogP contribution < -0.4 is 0 Å². The Morgan fingerprint density at radius 2 is 1.66 bits per heavy atom. The fourth-order valence-corrected chi connectivity index (χ4v) is 5.08. The number of aromatic nitrogens is 3. The lowest BCUT2D eigenvalue weighted by Crippen LogP contribution is -2.40. The minimum atomic E-state index is 0.181. The highest BCUT2D eigenvalue weighted by Crippen LogP contribution is 2.40. The van der Waals surface area contributed by atoms with Crippen molar-refractivity contribution in [3.8, 4) is 0 Å². The molecule has 2 fully saturated rings. The van der Waals surface area contributed by atoms with Gasteiger partial charge in [0, 0.05) is 18.5 Å². The molecule has 5 nitrogen and oxygen atoms in total. The Kier molecular flexibility index (Phi) is 6.30. The van der Waals surface area contributed by atoms with Crippen molar-refractivity contribution in [3.63, 3.8) is 0 Å². The molecule has 0 radical (unpaired) electrons. The highest BCUT2D eigenvalue weighted by atomic mass is 32.2. The largest absolute Gasteiger partial charge is 0.335 e. The van der Waals surface area contributed by atoms with Gasteiger partial charge in [-0.05, 0) is 49.7 Å². The quantitative estimate of drug-likeness (QED) is 0.406. The Morgan fingerprint density at radius 1 is 1.00 bits per heavy atom. The molecule has 1 unspecified atom stereocenters. The van der Waals surface area contributed by atoms with Crippen molar-refractivity contribution in [3.05, 3.63) is 77.6 Å². The zero-order valence-corrected chi connectivity index (χ0v) is 19.4. The molecule has 166 valence electrons. The number of hydrogen-bond acceptors (Lipinski definition) is 4. The van der Waals surface area contributed by atoms with Gasteiger partial charge in [-0.2, -0.15) is 0 Å². The zero-order chi connectivity index (χ0) is 21.9. The van der Waals surface area contributed by atoms with Crippen molar-refractivity contribution in [2.24, 2.45) is 5.92 Å². The average Bonchev–Trinajstić information content (AvgIpc) is 3.75. The maximum absolute atomic E-state index is 13.4. The number of hydrogen-bond donors (Lipinski definition) is 0. The first-order valence-electron chi connectivity index (χ1n) is 11.6. The van der Waals surface area contributed by atoms with Crippen LogP contribution in [0, 0.1) is 5.92 Å². The summed E-state index contributed by atoms with van der Waals surface area (Å²) in [4.78, 5) is 15.4. The van der Waals surface area contributed by atoms with Gasteiger partial charge in [0.05, 0.1) is 12.3 Å². The smallest absolute Gasteiger partial charge is 0.233 e. The van der Waals surface area contributed by atoms with Crippen LogP contribution in [0.4, 0.5) is 0 Å². The molecule has 0 saturated heterocycles. The SMILES string of the molecule is CC(C1CC1)N(Cc1ccccc1)C(=O)CSc1nnc(C2CC2)n1Cc1ccccc1. The van der Waals surface area contributed by atoms with E-state index in [1.54, 1.807) is 0 Å². The fraction of sp³-hybridized carbons (Fsp3) is 0.423. The van der Waals surface area contributed by atoms with Gasteiger partial charge in [0.1, 0.15) is 5.82 Å². The molecule has 2 aromatic carbocycles. The molecule has 0 spiro atoms. The van der Waals surface area contributed by atoms with E-state index in [4.69, 9.17) is 0 Å². The summed E-state index contributed by atoms with van der Waals surface area (Å²) < 4.78 is 2.22. The first kappa shape index (κ1) is 21.3. The van der Waals surface area contributed by atoms with Gasteiger partial charge in [0.2, 0.25) is 5.91 Å². The molecule has 6 heteroatoms. The predicted molar refractivity (Wildman–Crippen MR) is 127 cm³/mol. The summed E-state index contributed by atoms with van der Waals surface area (Å²) in [5, 5.41) is 9.84. The van der Waals surface area contributed by atoms with E-state index >= 15 is 0 Å². The lowest BCUT2D eigenvalue weighted by Gasteiger charge is -2.29. The molecular weight excluding hydrogens is 416 g/mol. The molecule has 32 heavy (non-hydrogen) atoms. The summed E-state index contributed by atoms with van der Waals surface area (Å²) in [5.41, 5.74) is 2.41. The Morgan fingerprint density at radius 3 is 2.28 bits per heavy atom. The van der Waals surface area contributed by atoms with E-state index < -0.39 is 0 Å². The molecule has 1 amide bonds. The van der Waals surface area contributed by atoms with Crippen LogP contribution in [0.15, 0.2) is 65.8 Å². The Balaban J connectivity index is 1.30. The minimum absolute atomic E-state index is 0.181. The number of rotatable bonds is 10. The number of amides is 1. The van der Waals surface area contributed by atoms with E-state index in [2.05, 4.69) is 63.0 Å². The van der Waals surface area contributed by atoms with Crippen molar-refractivity contribution < 1.29 is 4.79 Å². The van der Waals surface area contributed by atoms with Crippen LogP contribution in [0.1, 0.15) is 55.5 Å². The molecule has 0 bridgehead atoms. The molecule has 1 heterocycles. The summed E-state index contributed by atoms with van der Waals surface area (Å²) >= 11 is 1.53. The van der Waals surface area contributed by atoms with Gasteiger partial charge >= 0.3 is 0 Å². The molecule has 1 atom stereocenters. The van der Waals surface area contributed by atoms with Crippen molar-refractivity contribution in [1.29, 1.82) is 0 Å². The van der Waals surface area contributed by atoms with E-state index in [0.717, 1.165) is 17.5 Å². The van der Waals surface area contributed by atoms with E-state index in [9.17, 15) is 4.79 Å². The lowest BCUT2D eigenvalue weighted by atomic mass is 10.1. The fourth-order valence-electron chi connectivity index (χ4n) is 4.25. The van der Waals surface area contributed by atoms with Gasteiger partial charge < -0.3 is 9.47 Å². The summed E-state index contributed by atoms with van der Waals surface area (Å²) in [6.45, 7) is 3.62. The molecule has 3 aromatic rings. The Labute approximate surface area is 194 Å². The van der Waals surface area contributed by atoms with Crippen LogP contribution in [-0.2, 0) is 17.9 Å². The van der Waals surface area contributed by atoms with Crippen LogP contribution >= 0.6 is 11.8 Å². The summed E-state index contributed by atoms with van der Waals surface area (Å²) in [6.07, 6.45) is 4.81. The van der Waals surface area contributed by atoms with Gasteiger partial charge in [-0.15, -0.1) is 10.2 Å². The van der Waals surface area contributed by atoms with E-state index in [0.29, 0.717) is 24.1 Å². The molecule has 2 aliphatic carbocycles. The summed E-state index contributed by atoms with van der Waals surface area (Å²) in [6, 6.07) is 21.0. The number of nitrogens with zero attached hydrogens (tertiary/aromatic N) is 4. The third-order valence-corrected chi connectivity index (χ3v) is 7.46. The normalized spacial score (nSPS) is 16.7. The first-order valence-corrected chi connectivity index (χ1v) is 12.6. The maximum atomic E-state index is 13.4. The third kappa shape index (κ3) is 5.07. The predicted octanol–water partition coefficient (Wildman–Crippen LogP) is 5.12. The van der Waals surface area contributed by atoms with Gasteiger partial charge in [-0.3, -0.25) is 4.79 Å². The molecular formula is C26H30N4OS. The summed E-state index contributed by atoms with van der Waals surface area (Å²) in [5.74, 6) is 2.79. The topological polar surface area (TPSA) is 51.0 Å². The van der Waals surface area contributed by atoms with E-state index in [1.807, 2.05) is 24.3 Å². The van der Waals surface area contributed by atoms with Crippen molar-refractivity contribution in [2.75, 3.05) is 5.75 Å². The maximum Gasteiger partial charge on any atom is 0.233 e. The van der Waals surface area contributed by atoms with Gasteiger partial charge in [0.25, 0.3) is 0 Å². The van der Waals surface area contributed by atoms with Gasteiger partial charge in [-0.1, -0.05) is 72.4 Å².